The topological polar surface area (TPSA) is 109 Å². The van der Waals surface area contributed by atoms with E-state index in [-0.39, 0.29) is 23.5 Å². The van der Waals surface area contributed by atoms with Gasteiger partial charge in [0.05, 0.1) is 5.75 Å². The quantitative estimate of drug-likeness (QED) is 0.634. The third-order valence-electron chi connectivity index (χ3n) is 2.11. The normalized spacial score (nSPS) is 11.3. The fourth-order valence-electron chi connectivity index (χ4n) is 1.14. The van der Waals surface area contributed by atoms with Gasteiger partial charge < -0.3 is 10.6 Å². The molecule has 8 nitrogen and oxygen atoms in total. The molecule has 1 rings (SSSR count). The molecule has 0 radical (unpaired) electrons. The minimum atomic E-state index is -3.26. The van der Waals surface area contributed by atoms with Crippen LogP contribution in [0.1, 0.15) is 13.3 Å². The van der Waals surface area contributed by atoms with Crippen molar-refractivity contribution >= 4 is 33.5 Å². The maximum Gasteiger partial charge on any atom is 0.228 e. The fourth-order valence-corrected chi connectivity index (χ4v) is 1.88. The van der Waals surface area contributed by atoms with Gasteiger partial charge >= 0.3 is 0 Å². The van der Waals surface area contributed by atoms with E-state index in [0.717, 1.165) is 6.42 Å². The van der Waals surface area contributed by atoms with Gasteiger partial charge in [0.2, 0.25) is 27.2 Å². The predicted octanol–water partition coefficient (Wildman–Crippen LogP) is 0.308. The Morgan fingerprint density at radius 3 is 2.21 bits per heavy atom. The standard InChI is InChI=1S/C9H17ClN6O2S/c1-3-4-12-8-14-7(10)15-9(16-8)13-5-6-19(17,18)11-2/h11H,3-6H2,1-2H3,(H2,12,13,14,15,16). The minimum Gasteiger partial charge on any atom is -0.354 e. The van der Waals surface area contributed by atoms with Crippen molar-refractivity contribution in [1.29, 1.82) is 0 Å². The first kappa shape index (κ1) is 15.9. The lowest BCUT2D eigenvalue weighted by Gasteiger charge is -2.07. The molecule has 108 valence electrons. The Bertz CT molecular complexity index is 509. The highest BCUT2D eigenvalue weighted by Gasteiger charge is 2.08. The first-order valence-corrected chi connectivity index (χ1v) is 7.80. The molecule has 0 aliphatic rings. The van der Waals surface area contributed by atoms with E-state index >= 15 is 0 Å². The molecule has 0 spiro atoms. The number of aromatic nitrogens is 3. The molecule has 10 heteroatoms. The van der Waals surface area contributed by atoms with E-state index in [4.69, 9.17) is 11.6 Å². The van der Waals surface area contributed by atoms with E-state index in [1.165, 1.54) is 7.05 Å². The molecule has 0 aliphatic heterocycles. The molecule has 19 heavy (non-hydrogen) atoms. The maximum absolute atomic E-state index is 11.2. The van der Waals surface area contributed by atoms with Crippen LogP contribution in [0, 0.1) is 0 Å². The van der Waals surface area contributed by atoms with E-state index < -0.39 is 10.0 Å². The first-order chi connectivity index (χ1) is 8.96. The summed E-state index contributed by atoms with van der Waals surface area (Å²) in [5.41, 5.74) is 0. The highest BCUT2D eigenvalue weighted by atomic mass is 35.5. The van der Waals surface area contributed by atoms with Crippen LogP contribution in [0.2, 0.25) is 5.28 Å². The van der Waals surface area contributed by atoms with Gasteiger partial charge in [-0.3, -0.25) is 0 Å². The van der Waals surface area contributed by atoms with Crippen LogP contribution in [0.4, 0.5) is 11.9 Å². The van der Waals surface area contributed by atoms with E-state index in [0.29, 0.717) is 12.5 Å². The molecular formula is C9H17ClN6O2S. The van der Waals surface area contributed by atoms with Crippen LogP contribution >= 0.6 is 11.6 Å². The molecule has 0 bridgehead atoms. The zero-order chi connectivity index (χ0) is 14.3. The molecule has 0 amide bonds. The Kier molecular flexibility index (Phi) is 6.19. The molecule has 0 saturated carbocycles. The molecule has 0 aromatic carbocycles. The zero-order valence-corrected chi connectivity index (χ0v) is 12.3. The van der Waals surface area contributed by atoms with Crippen molar-refractivity contribution in [3.63, 3.8) is 0 Å². The number of nitrogens with zero attached hydrogens (tertiary/aromatic N) is 3. The monoisotopic (exact) mass is 308 g/mol. The summed E-state index contributed by atoms with van der Waals surface area (Å²) >= 11 is 5.75. The van der Waals surface area contributed by atoms with Gasteiger partial charge in [-0.2, -0.15) is 15.0 Å². The van der Waals surface area contributed by atoms with Crippen LogP contribution in [0.25, 0.3) is 0 Å². The van der Waals surface area contributed by atoms with Crippen LogP contribution in [0.3, 0.4) is 0 Å². The van der Waals surface area contributed by atoms with Crippen molar-refractivity contribution in [1.82, 2.24) is 19.7 Å². The molecule has 0 saturated heterocycles. The number of anilines is 2. The van der Waals surface area contributed by atoms with Crippen molar-refractivity contribution in [3.05, 3.63) is 5.28 Å². The maximum atomic E-state index is 11.2. The van der Waals surface area contributed by atoms with E-state index in [9.17, 15) is 8.42 Å². The van der Waals surface area contributed by atoms with Crippen LogP contribution in [-0.4, -0.2) is 49.3 Å². The number of rotatable bonds is 8. The van der Waals surface area contributed by atoms with Gasteiger partial charge in [0.15, 0.2) is 0 Å². The second-order valence-corrected chi connectivity index (χ2v) is 6.01. The molecule has 0 aliphatic carbocycles. The van der Waals surface area contributed by atoms with Crippen molar-refractivity contribution in [2.75, 3.05) is 36.5 Å². The Balaban J connectivity index is 2.60. The molecular weight excluding hydrogens is 292 g/mol. The third kappa shape index (κ3) is 5.99. The second-order valence-electron chi connectivity index (χ2n) is 3.63. The summed E-state index contributed by atoms with van der Waals surface area (Å²) in [7, 11) is -1.89. The lowest BCUT2D eigenvalue weighted by molar-refractivity contribution is 0.588. The number of halogens is 1. The van der Waals surface area contributed by atoms with Crippen molar-refractivity contribution < 1.29 is 8.42 Å². The molecule has 1 aromatic heterocycles. The Labute approximate surface area is 117 Å². The summed E-state index contributed by atoms with van der Waals surface area (Å²) < 4.78 is 24.7. The van der Waals surface area contributed by atoms with Gasteiger partial charge in [-0.15, -0.1) is 0 Å². The van der Waals surface area contributed by atoms with Crippen LogP contribution in [0.5, 0.6) is 0 Å². The summed E-state index contributed by atoms with van der Waals surface area (Å²) in [6, 6.07) is 0. The number of sulfonamides is 1. The second kappa shape index (κ2) is 7.41. The Morgan fingerprint density at radius 1 is 1.11 bits per heavy atom. The first-order valence-electron chi connectivity index (χ1n) is 5.77. The van der Waals surface area contributed by atoms with Gasteiger partial charge in [0.25, 0.3) is 0 Å². The molecule has 0 atom stereocenters. The average molecular weight is 309 g/mol. The van der Waals surface area contributed by atoms with E-state index in [1.807, 2.05) is 6.92 Å². The highest BCUT2D eigenvalue weighted by molar-refractivity contribution is 7.89. The summed E-state index contributed by atoms with van der Waals surface area (Å²) in [6.07, 6.45) is 0.923. The Morgan fingerprint density at radius 2 is 1.68 bits per heavy atom. The largest absolute Gasteiger partial charge is 0.354 e. The fraction of sp³-hybridized carbons (Fsp3) is 0.667. The highest BCUT2D eigenvalue weighted by Crippen LogP contribution is 2.09. The summed E-state index contributed by atoms with van der Waals surface area (Å²) in [6.45, 7) is 2.90. The molecule has 0 fully saturated rings. The van der Waals surface area contributed by atoms with Crippen LogP contribution < -0.4 is 15.4 Å². The summed E-state index contributed by atoms with van der Waals surface area (Å²) in [4.78, 5) is 11.8. The number of hydrogen-bond donors (Lipinski definition) is 3. The molecule has 3 N–H and O–H groups in total. The van der Waals surface area contributed by atoms with Gasteiger partial charge in [0.1, 0.15) is 0 Å². The lowest BCUT2D eigenvalue weighted by Crippen LogP contribution is -2.26. The zero-order valence-electron chi connectivity index (χ0n) is 10.8. The third-order valence-corrected chi connectivity index (χ3v) is 3.64. The van der Waals surface area contributed by atoms with Crippen molar-refractivity contribution in [2.24, 2.45) is 0 Å². The molecule has 0 unspecified atom stereocenters. The molecule has 1 heterocycles. The number of hydrogen-bond acceptors (Lipinski definition) is 7. The van der Waals surface area contributed by atoms with Crippen LogP contribution in [0.15, 0.2) is 0 Å². The van der Waals surface area contributed by atoms with Gasteiger partial charge in [-0.1, -0.05) is 6.92 Å². The number of nitrogens with one attached hydrogen (secondary N) is 3. The van der Waals surface area contributed by atoms with Crippen molar-refractivity contribution in [2.45, 2.75) is 13.3 Å². The summed E-state index contributed by atoms with van der Waals surface area (Å²) in [5, 5.41) is 5.81. The SMILES string of the molecule is CCCNc1nc(Cl)nc(NCCS(=O)(=O)NC)n1. The van der Waals surface area contributed by atoms with Gasteiger partial charge in [-0.25, -0.2) is 13.1 Å². The van der Waals surface area contributed by atoms with Crippen LogP contribution in [-0.2, 0) is 10.0 Å². The smallest absolute Gasteiger partial charge is 0.228 e. The van der Waals surface area contributed by atoms with Gasteiger partial charge in [-0.05, 0) is 25.1 Å². The van der Waals surface area contributed by atoms with Crippen molar-refractivity contribution in [3.8, 4) is 0 Å². The lowest BCUT2D eigenvalue weighted by atomic mass is 10.5. The average Bonchev–Trinajstić information content (AvgIpc) is 2.35. The van der Waals surface area contributed by atoms with Gasteiger partial charge in [0, 0.05) is 13.1 Å². The van der Waals surface area contributed by atoms with E-state index in [1.54, 1.807) is 0 Å². The van der Waals surface area contributed by atoms with E-state index in [2.05, 4.69) is 30.3 Å². The predicted molar refractivity (Wildman–Crippen MR) is 75.0 cm³/mol. The minimum absolute atomic E-state index is 0.0487. The Hall–Kier alpha value is -1.19. The molecule has 1 aromatic rings. The summed E-state index contributed by atoms with van der Waals surface area (Å²) in [5.74, 6) is 0.524.